The van der Waals surface area contributed by atoms with E-state index in [4.69, 9.17) is 20.8 Å². The lowest BCUT2D eigenvalue weighted by atomic mass is 10.1. The van der Waals surface area contributed by atoms with Crippen molar-refractivity contribution in [3.63, 3.8) is 0 Å². The summed E-state index contributed by atoms with van der Waals surface area (Å²) in [6, 6.07) is 13.5. The Morgan fingerprint density at radius 3 is 2.71 bits per heavy atom. The minimum atomic E-state index is -0.307. The van der Waals surface area contributed by atoms with Crippen molar-refractivity contribution in [3.8, 4) is 5.75 Å². The number of piperazine rings is 1. The molecule has 4 rings (SSSR count). The first-order valence-corrected chi connectivity index (χ1v) is 9.87. The Kier molecular flexibility index (Phi) is 5.29. The monoisotopic (exact) mass is 399 g/mol. The van der Waals surface area contributed by atoms with Gasteiger partial charge in [-0.1, -0.05) is 17.7 Å². The van der Waals surface area contributed by atoms with E-state index in [1.807, 2.05) is 31.2 Å². The number of aryl methyl sites for hydroxylation is 1. The van der Waals surface area contributed by atoms with Crippen molar-refractivity contribution in [1.82, 2.24) is 0 Å². The zero-order valence-corrected chi connectivity index (χ0v) is 16.9. The number of benzene rings is 2. The smallest absolute Gasteiger partial charge is 0.336 e. The molecule has 1 aliphatic heterocycles. The average Bonchev–Trinajstić information content (AvgIpc) is 2.70. The third-order valence-corrected chi connectivity index (χ3v) is 5.85. The van der Waals surface area contributed by atoms with Gasteiger partial charge in [0, 0.05) is 33.8 Å². The summed E-state index contributed by atoms with van der Waals surface area (Å²) >= 11 is 6.31. The summed E-state index contributed by atoms with van der Waals surface area (Å²) in [7, 11) is 1.69. The van der Waals surface area contributed by atoms with Crippen molar-refractivity contribution in [2.24, 2.45) is 0 Å². The minimum absolute atomic E-state index is 0.307. The molecule has 0 radical (unpaired) electrons. The first kappa shape index (κ1) is 18.8. The van der Waals surface area contributed by atoms with Gasteiger partial charge >= 0.3 is 5.63 Å². The summed E-state index contributed by atoms with van der Waals surface area (Å²) < 4.78 is 10.7. The number of nitrogens with zero attached hydrogens (tertiary/aromatic N) is 1. The summed E-state index contributed by atoms with van der Waals surface area (Å²) in [6.45, 7) is 6.62. The molecule has 1 aromatic heterocycles. The first-order valence-electron chi connectivity index (χ1n) is 9.49. The molecule has 146 valence electrons. The van der Waals surface area contributed by atoms with Crippen LogP contribution in [0.4, 0.5) is 5.69 Å². The van der Waals surface area contributed by atoms with Crippen LogP contribution in [0.5, 0.6) is 5.75 Å². The van der Waals surface area contributed by atoms with E-state index in [0.717, 1.165) is 55.0 Å². The van der Waals surface area contributed by atoms with Gasteiger partial charge in [-0.25, -0.2) is 4.79 Å². The fourth-order valence-electron chi connectivity index (χ4n) is 3.83. The molecule has 1 N–H and O–H groups in total. The molecule has 1 fully saturated rings. The van der Waals surface area contributed by atoms with Gasteiger partial charge in [0.1, 0.15) is 17.9 Å². The number of hydrogen-bond acceptors (Lipinski definition) is 4. The maximum absolute atomic E-state index is 12.0. The average molecular weight is 400 g/mol. The molecule has 0 unspecified atom stereocenters. The van der Waals surface area contributed by atoms with Gasteiger partial charge in [0.2, 0.25) is 0 Å². The fourth-order valence-corrected chi connectivity index (χ4v) is 3.99. The van der Waals surface area contributed by atoms with Crippen LogP contribution in [-0.2, 0) is 6.54 Å². The van der Waals surface area contributed by atoms with E-state index in [-0.39, 0.29) is 5.63 Å². The lowest BCUT2D eigenvalue weighted by molar-refractivity contribution is -0.914. The van der Waals surface area contributed by atoms with E-state index >= 15 is 0 Å². The Balaban J connectivity index is 1.50. The van der Waals surface area contributed by atoms with Crippen molar-refractivity contribution in [2.45, 2.75) is 13.5 Å². The number of anilines is 1. The zero-order valence-electron chi connectivity index (χ0n) is 16.1. The third-order valence-electron chi connectivity index (χ3n) is 5.44. The number of nitrogens with one attached hydrogen (secondary N) is 1. The van der Waals surface area contributed by atoms with Crippen LogP contribution in [0.2, 0.25) is 5.02 Å². The molecule has 2 heterocycles. The molecule has 0 atom stereocenters. The molecular weight excluding hydrogens is 376 g/mol. The number of ether oxygens (including phenoxy) is 1. The van der Waals surface area contributed by atoms with Crippen LogP contribution in [0.1, 0.15) is 11.1 Å². The fraction of sp³-hybridized carbons (Fsp3) is 0.318. The Morgan fingerprint density at radius 1 is 1.18 bits per heavy atom. The lowest BCUT2D eigenvalue weighted by Gasteiger charge is -2.34. The normalized spacial score (nSPS) is 15.2. The van der Waals surface area contributed by atoms with Crippen LogP contribution < -0.4 is 20.2 Å². The van der Waals surface area contributed by atoms with E-state index in [1.165, 1.54) is 10.6 Å². The predicted octanol–water partition coefficient (Wildman–Crippen LogP) is 2.67. The van der Waals surface area contributed by atoms with E-state index in [2.05, 4.69) is 17.0 Å². The quantitative estimate of drug-likeness (QED) is 0.685. The highest BCUT2D eigenvalue weighted by molar-refractivity contribution is 6.32. The molecule has 0 bridgehead atoms. The van der Waals surface area contributed by atoms with Gasteiger partial charge in [-0.2, -0.15) is 0 Å². The van der Waals surface area contributed by atoms with E-state index in [1.54, 1.807) is 13.2 Å². The molecule has 2 aromatic carbocycles. The first-order chi connectivity index (χ1) is 13.5. The molecule has 0 aliphatic carbocycles. The van der Waals surface area contributed by atoms with E-state index < -0.39 is 0 Å². The largest absolute Gasteiger partial charge is 0.497 e. The second-order valence-electron chi connectivity index (χ2n) is 7.30. The maximum Gasteiger partial charge on any atom is 0.336 e. The summed E-state index contributed by atoms with van der Waals surface area (Å²) in [5, 5.41) is 1.62. The van der Waals surface area contributed by atoms with Gasteiger partial charge in [-0.05, 0) is 36.8 Å². The Morgan fingerprint density at radius 2 is 1.96 bits per heavy atom. The van der Waals surface area contributed by atoms with Gasteiger partial charge in [0.25, 0.3) is 0 Å². The number of quaternary nitrogens is 1. The van der Waals surface area contributed by atoms with Gasteiger partial charge in [0.05, 0.1) is 33.3 Å². The van der Waals surface area contributed by atoms with E-state index in [9.17, 15) is 4.79 Å². The second kappa shape index (κ2) is 7.86. The molecule has 0 spiro atoms. The van der Waals surface area contributed by atoms with Crippen LogP contribution in [0.25, 0.3) is 11.0 Å². The highest BCUT2D eigenvalue weighted by atomic mass is 35.5. The molecule has 0 amide bonds. The lowest BCUT2D eigenvalue weighted by Crippen LogP contribution is -3.13. The third kappa shape index (κ3) is 3.86. The number of methoxy groups -OCH3 is 1. The second-order valence-corrected chi connectivity index (χ2v) is 7.71. The molecule has 1 aliphatic rings. The van der Waals surface area contributed by atoms with Crippen LogP contribution in [-0.4, -0.2) is 33.3 Å². The molecule has 5 nitrogen and oxygen atoms in total. The minimum Gasteiger partial charge on any atom is -0.497 e. The maximum atomic E-state index is 12.0. The molecule has 28 heavy (non-hydrogen) atoms. The van der Waals surface area contributed by atoms with Crippen LogP contribution in [0.15, 0.2) is 51.7 Å². The van der Waals surface area contributed by atoms with Crippen molar-refractivity contribution in [2.75, 3.05) is 38.2 Å². The summed E-state index contributed by atoms with van der Waals surface area (Å²) in [6.07, 6.45) is 0. The molecular formula is C22H24ClN2O3+. The topological polar surface area (TPSA) is 47.1 Å². The van der Waals surface area contributed by atoms with Crippen molar-refractivity contribution in [1.29, 1.82) is 0 Å². The number of fused-ring (bicyclic) bond motifs is 1. The SMILES string of the molecule is COc1cccc(N2CC[NH+](Cc3cc(=O)oc4cc(C)c(Cl)cc34)CC2)c1. The van der Waals surface area contributed by atoms with Crippen LogP contribution >= 0.6 is 11.6 Å². The number of halogens is 1. The van der Waals surface area contributed by atoms with Crippen molar-refractivity contribution < 1.29 is 14.1 Å². The van der Waals surface area contributed by atoms with Crippen LogP contribution in [0.3, 0.4) is 0 Å². The molecule has 6 heteroatoms. The highest BCUT2D eigenvalue weighted by Gasteiger charge is 2.22. The Labute approximate surface area is 169 Å². The standard InChI is InChI=1S/C22H23ClN2O3/c1-15-10-21-19(13-20(15)23)16(11-22(26)28-21)14-24-6-8-25(9-7-24)17-4-3-5-18(12-17)27-2/h3-5,10-13H,6-9,14H2,1-2H3/p+1. The van der Waals surface area contributed by atoms with Crippen molar-refractivity contribution >= 4 is 28.3 Å². The van der Waals surface area contributed by atoms with Gasteiger partial charge < -0.3 is 19.0 Å². The van der Waals surface area contributed by atoms with Gasteiger partial charge in [-0.3, -0.25) is 0 Å². The Bertz CT molecular complexity index is 1060. The summed E-state index contributed by atoms with van der Waals surface area (Å²) in [4.78, 5) is 15.8. The van der Waals surface area contributed by atoms with Crippen molar-refractivity contribution in [3.05, 3.63) is 69.0 Å². The number of rotatable bonds is 4. The Hall–Kier alpha value is -2.50. The summed E-state index contributed by atoms with van der Waals surface area (Å²) in [5.74, 6) is 0.877. The van der Waals surface area contributed by atoms with Crippen LogP contribution in [0, 0.1) is 6.92 Å². The zero-order chi connectivity index (χ0) is 19.7. The van der Waals surface area contributed by atoms with E-state index in [0.29, 0.717) is 10.6 Å². The molecule has 0 saturated carbocycles. The van der Waals surface area contributed by atoms with Gasteiger partial charge in [-0.15, -0.1) is 0 Å². The van der Waals surface area contributed by atoms with Gasteiger partial charge in [0.15, 0.2) is 0 Å². The predicted molar refractivity (Wildman–Crippen MR) is 112 cm³/mol. The number of hydrogen-bond donors (Lipinski definition) is 1. The highest BCUT2D eigenvalue weighted by Crippen LogP contribution is 2.25. The summed E-state index contributed by atoms with van der Waals surface area (Å²) in [5.41, 5.74) is 3.40. The molecule has 1 saturated heterocycles. The molecule has 3 aromatic rings.